The summed E-state index contributed by atoms with van der Waals surface area (Å²) in [5.74, 6) is -1.03. The summed E-state index contributed by atoms with van der Waals surface area (Å²) < 4.78 is 27.1. The Hall–Kier alpha value is -4.01. The van der Waals surface area contributed by atoms with Crippen molar-refractivity contribution in [3.05, 3.63) is 117 Å². The molecule has 3 N–H and O–H groups in total. The Morgan fingerprint density at radius 3 is 2.00 bits per heavy atom. The molecule has 1 heterocycles. The molecule has 0 radical (unpaired) electrons. The third-order valence-corrected chi connectivity index (χ3v) is 8.05. The van der Waals surface area contributed by atoms with Gasteiger partial charge in [-0.05, 0) is 67.8 Å². The molecule has 2 amide bonds. The molecule has 3 aromatic carbocycles. The lowest BCUT2D eigenvalue weighted by molar-refractivity contribution is -0.856. The van der Waals surface area contributed by atoms with E-state index in [4.69, 9.17) is 23.2 Å². The van der Waals surface area contributed by atoms with E-state index < -0.39 is 27.9 Å². The van der Waals surface area contributed by atoms with Gasteiger partial charge >= 0.3 is 0 Å². The second-order valence-corrected chi connectivity index (χ2v) is 12.2. The number of carbonyl (C=O) groups excluding carboxylic acids is 2. The lowest BCUT2D eigenvalue weighted by atomic mass is 9.95. The molecule has 1 aliphatic rings. The maximum Gasteiger partial charge on any atom is 0.252 e. The van der Waals surface area contributed by atoms with Crippen LogP contribution in [0.3, 0.4) is 0 Å². The summed E-state index contributed by atoms with van der Waals surface area (Å²) in [4.78, 5) is 25.6. The molecule has 212 valence electrons. The summed E-state index contributed by atoms with van der Waals surface area (Å²) in [7, 11) is -2.45. The van der Waals surface area contributed by atoms with Gasteiger partial charge < -0.3 is 15.5 Å². The minimum absolute atomic E-state index is 0.0350. The highest BCUT2D eigenvalue weighted by Gasteiger charge is 2.32. The van der Waals surface area contributed by atoms with Gasteiger partial charge in [0, 0.05) is 33.8 Å². The van der Waals surface area contributed by atoms with E-state index in [1.165, 1.54) is 32.2 Å². The van der Waals surface area contributed by atoms with Crippen molar-refractivity contribution >= 4 is 50.7 Å². The van der Waals surface area contributed by atoms with Crippen molar-refractivity contribution in [3.63, 3.8) is 0 Å². The van der Waals surface area contributed by atoms with Crippen LogP contribution < -0.4 is 19.8 Å². The fraction of sp³-hybridized carbons (Fsp3) is 0.172. The second-order valence-electron chi connectivity index (χ2n) is 9.47. The molecule has 0 bridgehead atoms. The predicted molar refractivity (Wildman–Crippen MR) is 158 cm³/mol. The normalized spacial score (nSPS) is 15.0. The first-order valence-electron chi connectivity index (χ1n) is 12.4. The number of nitrogens with one attached hydrogen (secondary N) is 3. The number of nitrogens with zero attached hydrogens (tertiary/aromatic N) is 2. The van der Waals surface area contributed by atoms with Gasteiger partial charge in [0.1, 0.15) is 12.1 Å². The molecule has 9 nitrogen and oxygen atoms in total. The fourth-order valence-corrected chi connectivity index (χ4v) is 5.75. The number of amides is 2. The number of sulfonamides is 1. The average molecular weight is 613 g/mol. The van der Waals surface area contributed by atoms with Gasteiger partial charge in [-0.25, -0.2) is 8.42 Å². The van der Waals surface area contributed by atoms with Crippen molar-refractivity contribution in [2.75, 3.05) is 17.6 Å². The Kier molecular flexibility index (Phi) is 8.95. The van der Waals surface area contributed by atoms with E-state index in [1.807, 2.05) is 30.3 Å². The van der Waals surface area contributed by atoms with E-state index in [-0.39, 0.29) is 22.9 Å². The number of likely N-dealkylation sites (N-methyl/N-ethyl adjacent to an activating group) is 1. The van der Waals surface area contributed by atoms with E-state index in [1.54, 1.807) is 37.0 Å². The zero-order valence-electron chi connectivity index (χ0n) is 22.4. The molecule has 0 saturated heterocycles. The lowest BCUT2D eigenvalue weighted by Crippen LogP contribution is -3.10. The summed E-state index contributed by atoms with van der Waals surface area (Å²) in [6, 6.07) is 19.8. The summed E-state index contributed by atoms with van der Waals surface area (Å²) >= 11 is 12.2. The van der Waals surface area contributed by atoms with Crippen LogP contribution in [0, 0.1) is 17.9 Å². The molecule has 1 unspecified atom stereocenters. The van der Waals surface area contributed by atoms with Crippen LogP contribution in [0.4, 0.5) is 5.69 Å². The van der Waals surface area contributed by atoms with E-state index in [2.05, 4.69) is 10.6 Å². The fourth-order valence-electron chi connectivity index (χ4n) is 4.52. The number of carbonyl (C=O) groups is 2. The van der Waals surface area contributed by atoms with E-state index in [0.717, 1.165) is 26.6 Å². The van der Waals surface area contributed by atoms with Crippen molar-refractivity contribution in [1.82, 2.24) is 10.6 Å². The quantitative estimate of drug-likeness (QED) is 0.321. The van der Waals surface area contributed by atoms with Crippen molar-refractivity contribution < 1.29 is 22.9 Å². The Balaban J connectivity index is 1.72. The largest absolute Gasteiger partial charge is 0.412 e. The summed E-state index contributed by atoms with van der Waals surface area (Å²) in [5.41, 5.74) is 2.47. The number of quaternary nitrogens is 1. The zero-order valence-corrected chi connectivity index (χ0v) is 24.7. The van der Waals surface area contributed by atoms with Gasteiger partial charge in [0.15, 0.2) is 0 Å². The third-order valence-electron chi connectivity index (χ3n) is 6.47. The van der Waals surface area contributed by atoms with Crippen LogP contribution in [-0.2, 0) is 14.8 Å². The first kappa shape index (κ1) is 30.0. The molecule has 0 aromatic heterocycles. The minimum Gasteiger partial charge on any atom is -0.412 e. The van der Waals surface area contributed by atoms with Gasteiger partial charge in [0.2, 0.25) is 15.9 Å². The van der Waals surface area contributed by atoms with Crippen molar-refractivity contribution in [3.8, 4) is 6.07 Å². The van der Waals surface area contributed by atoms with Crippen LogP contribution in [0.5, 0.6) is 0 Å². The molecule has 0 fully saturated rings. The van der Waals surface area contributed by atoms with Gasteiger partial charge in [-0.3, -0.25) is 13.9 Å². The maximum absolute atomic E-state index is 13.0. The SMILES string of the molecule is CNC(=O)[C@H](C)NC(=O)c1cc(C#N)cc(N(C2=C[NH+](C(c3ccc(Cl)cc3)c3ccc(Cl)cc3)[CH-]2)S(C)(=O)=O)c1. The highest BCUT2D eigenvalue weighted by Crippen LogP contribution is 2.30. The Morgan fingerprint density at radius 2 is 1.54 bits per heavy atom. The van der Waals surface area contributed by atoms with Gasteiger partial charge in [-0.1, -0.05) is 47.5 Å². The van der Waals surface area contributed by atoms with Crippen molar-refractivity contribution in [2.24, 2.45) is 0 Å². The second kappa shape index (κ2) is 12.2. The molecule has 41 heavy (non-hydrogen) atoms. The molecule has 2 atom stereocenters. The molecular weight excluding hydrogens is 585 g/mol. The average Bonchev–Trinajstić information content (AvgIpc) is 2.92. The van der Waals surface area contributed by atoms with E-state index in [0.29, 0.717) is 15.7 Å². The Labute approximate surface area is 249 Å². The van der Waals surface area contributed by atoms with Gasteiger partial charge in [0.25, 0.3) is 5.91 Å². The molecule has 12 heteroatoms. The monoisotopic (exact) mass is 611 g/mol. The maximum atomic E-state index is 13.0. The van der Waals surface area contributed by atoms with Crippen LogP contribution >= 0.6 is 23.2 Å². The van der Waals surface area contributed by atoms with E-state index in [9.17, 15) is 23.3 Å². The molecular formula is C29H27Cl2N5O4S. The molecule has 0 spiro atoms. The molecule has 0 saturated carbocycles. The zero-order chi connectivity index (χ0) is 29.9. The van der Waals surface area contributed by atoms with Gasteiger partial charge in [-0.2, -0.15) is 5.26 Å². The first-order chi connectivity index (χ1) is 19.4. The topological polar surface area (TPSA) is 124 Å². The Morgan fingerprint density at radius 1 is 1.00 bits per heavy atom. The lowest BCUT2D eigenvalue weighted by Gasteiger charge is -2.45. The van der Waals surface area contributed by atoms with Crippen LogP contribution in [0.2, 0.25) is 10.0 Å². The summed E-state index contributed by atoms with van der Waals surface area (Å²) in [5, 5.41) is 15.8. The molecule has 1 aliphatic heterocycles. The standard InChI is InChI=1S/C29H27Cl2N5O4S/c1-18(28(37)33-2)34-29(38)22-12-19(15-32)13-25(14-22)36(41(3,39)40)26-16-35(17-26)27(20-4-8-23(30)9-5-20)21-6-10-24(31)11-7-21/h4-14,16-18,27,35H,1-3H3,(H,33,37)(H,34,38)/t18-/m0/s1. The number of halogens is 2. The van der Waals surface area contributed by atoms with Crippen LogP contribution in [0.15, 0.2) is 78.6 Å². The van der Waals surface area contributed by atoms with Crippen molar-refractivity contribution in [2.45, 2.75) is 19.0 Å². The number of anilines is 1. The number of rotatable bonds is 9. The van der Waals surface area contributed by atoms with Crippen molar-refractivity contribution in [1.29, 1.82) is 5.26 Å². The number of nitriles is 1. The summed E-state index contributed by atoms with van der Waals surface area (Å²) in [6.07, 6.45) is 2.80. The number of hydrogen-bond acceptors (Lipinski definition) is 5. The van der Waals surface area contributed by atoms with Crippen LogP contribution in [-0.4, -0.2) is 39.6 Å². The first-order valence-corrected chi connectivity index (χ1v) is 15.0. The molecule has 4 rings (SSSR count). The minimum atomic E-state index is -3.90. The predicted octanol–water partition coefficient (Wildman–Crippen LogP) is 3.19. The summed E-state index contributed by atoms with van der Waals surface area (Å²) in [6.45, 7) is 3.26. The van der Waals surface area contributed by atoms with Crippen LogP contribution in [0.1, 0.15) is 40.0 Å². The van der Waals surface area contributed by atoms with E-state index >= 15 is 0 Å². The van der Waals surface area contributed by atoms with Crippen LogP contribution in [0.25, 0.3) is 0 Å². The Bertz CT molecular complexity index is 1610. The smallest absolute Gasteiger partial charge is 0.252 e. The molecule has 0 aliphatic carbocycles. The number of benzene rings is 3. The number of hydrogen-bond donors (Lipinski definition) is 3. The highest BCUT2D eigenvalue weighted by atomic mass is 35.5. The highest BCUT2D eigenvalue weighted by molar-refractivity contribution is 7.92. The van der Waals surface area contributed by atoms with Gasteiger partial charge in [-0.15, -0.1) is 0 Å². The molecule has 3 aromatic rings. The third kappa shape index (κ3) is 6.84. The van der Waals surface area contributed by atoms with Gasteiger partial charge in [0.05, 0.1) is 23.6 Å².